The zero-order valence-corrected chi connectivity index (χ0v) is 12.8. The Morgan fingerprint density at radius 2 is 1.86 bits per heavy atom. The molecule has 2 aromatic carbocycles. The summed E-state index contributed by atoms with van der Waals surface area (Å²) in [7, 11) is -2.15. The van der Waals surface area contributed by atoms with E-state index in [1.165, 1.54) is 4.31 Å². The lowest BCUT2D eigenvalue weighted by Crippen LogP contribution is -2.41. The largest absolute Gasteiger partial charge is 0.497 e. The van der Waals surface area contributed by atoms with Crippen LogP contribution in [0.15, 0.2) is 48.5 Å². The van der Waals surface area contributed by atoms with Crippen molar-refractivity contribution in [3.05, 3.63) is 48.5 Å². The Balaban J connectivity index is 1.87. The second-order valence-corrected chi connectivity index (χ2v) is 6.32. The highest BCUT2D eigenvalue weighted by molar-refractivity contribution is 7.94. The topological polar surface area (TPSA) is 67.9 Å². The Hall–Kier alpha value is -2.41. The fourth-order valence-corrected chi connectivity index (χ4v) is 3.53. The van der Waals surface area contributed by atoms with Crippen molar-refractivity contribution in [2.75, 3.05) is 29.3 Å². The van der Waals surface area contributed by atoms with Crippen LogP contribution in [-0.4, -0.2) is 28.7 Å². The maximum absolute atomic E-state index is 12.6. The minimum Gasteiger partial charge on any atom is -0.497 e. The third-order valence-electron chi connectivity index (χ3n) is 3.31. The first-order valence-electron chi connectivity index (χ1n) is 6.76. The van der Waals surface area contributed by atoms with Crippen LogP contribution in [0.1, 0.15) is 0 Å². The smallest absolute Gasteiger partial charge is 0.324 e. The van der Waals surface area contributed by atoms with E-state index in [0.29, 0.717) is 29.5 Å². The maximum Gasteiger partial charge on any atom is 0.324 e. The predicted molar refractivity (Wildman–Crippen MR) is 84.8 cm³/mol. The van der Waals surface area contributed by atoms with E-state index >= 15 is 0 Å². The first-order chi connectivity index (χ1) is 10.6. The molecule has 0 aliphatic carbocycles. The van der Waals surface area contributed by atoms with Gasteiger partial charge < -0.3 is 9.47 Å². The summed E-state index contributed by atoms with van der Waals surface area (Å²) < 4.78 is 39.6. The molecule has 2 aromatic rings. The number of nitrogens with one attached hydrogen (secondary N) is 1. The number of methoxy groups -OCH3 is 1. The van der Waals surface area contributed by atoms with E-state index in [-0.39, 0.29) is 6.54 Å². The second kappa shape index (κ2) is 5.76. The van der Waals surface area contributed by atoms with Crippen molar-refractivity contribution in [2.24, 2.45) is 0 Å². The van der Waals surface area contributed by atoms with Crippen LogP contribution in [0.2, 0.25) is 0 Å². The van der Waals surface area contributed by atoms with Crippen LogP contribution in [0.5, 0.6) is 11.5 Å². The first-order valence-corrected chi connectivity index (χ1v) is 8.20. The molecule has 0 bridgehead atoms. The van der Waals surface area contributed by atoms with Gasteiger partial charge in [0.05, 0.1) is 25.0 Å². The molecule has 6 nitrogen and oxygen atoms in total. The van der Waals surface area contributed by atoms with Gasteiger partial charge in [0.15, 0.2) is 0 Å². The van der Waals surface area contributed by atoms with E-state index in [9.17, 15) is 8.42 Å². The van der Waals surface area contributed by atoms with Crippen molar-refractivity contribution in [1.29, 1.82) is 0 Å². The Kier molecular flexibility index (Phi) is 3.81. The maximum atomic E-state index is 12.6. The molecule has 0 aromatic heterocycles. The molecule has 22 heavy (non-hydrogen) atoms. The molecule has 0 unspecified atom stereocenters. The van der Waals surface area contributed by atoms with Crippen molar-refractivity contribution in [1.82, 2.24) is 0 Å². The standard InChI is InChI=1S/C15H16N2O4S/c1-20-13-8-6-12(7-9-13)16-22(18,19)17-10-11-21-15-5-3-2-4-14(15)17/h2-9,16H,10-11H2,1H3. The molecule has 0 fully saturated rings. The molecule has 7 heteroatoms. The first kappa shape index (κ1) is 14.5. The number of hydrogen-bond acceptors (Lipinski definition) is 4. The molecule has 1 heterocycles. The molecule has 1 N–H and O–H groups in total. The Morgan fingerprint density at radius 3 is 2.59 bits per heavy atom. The molecule has 1 aliphatic rings. The summed E-state index contributed by atoms with van der Waals surface area (Å²) in [6.07, 6.45) is 0. The summed E-state index contributed by atoms with van der Waals surface area (Å²) in [5, 5.41) is 0. The van der Waals surface area contributed by atoms with Crippen molar-refractivity contribution < 1.29 is 17.9 Å². The summed E-state index contributed by atoms with van der Waals surface area (Å²) in [6.45, 7) is 0.586. The molecular weight excluding hydrogens is 304 g/mol. The summed E-state index contributed by atoms with van der Waals surface area (Å²) >= 11 is 0. The highest BCUT2D eigenvalue weighted by Crippen LogP contribution is 2.33. The van der Waals surface area contributed by atoms with Crippen molar-refractivity contribution >= 4 is 21.6 Å². The van der Waals surface area contributed by atoms with Gasteiger partial charge in [-0.2, -0.15) is 8.42 Å². The number of benzene rings is 2. The van der Waals surface area contributed by atoms with Crippen LogP contribution in [0, 0.1) is 0 Å². The summed E-state index contributed by atoms with van der Waals surface area (Å²) in [4.78, 5) is 0. The number of fused-ring (bicyclic) bond motifs is 1. The summed E-state index contributed by atoms with van der Waals surface area (Å²) in [5.41, 5.74) is 1.01. The molecule has 0 amide bonds. The van der Waals surface area contributed by atoms with Crippen LogP contribution in [0.25, 0.3) is 0 Å². The predicted octanol–water partition coefficient (Wildman–Crippen LogP) is 2.25. The van der Waals surface area contributed by atoms with Crippen LogP contribution in [0.3, 0.4) is 0 Å². The molecule has 0 saturated carbocycles. The quantitative estimate of drug-likeness (QED) is 0.938. The van der Waals surface area contributed by atoms with Gasteiger partial charge in [0.2, 0.25) is 0 Å². The Morgan fingerprint density at radius 1 is 1.14 bits per heavy atom. The minimum absolute atomic E-state index is 0.266. The average Bonchev–Trinajstić information content (AvgIpc) is 2.54. The van der Waals surface area contributed by atoms with E-state index in [0.717, 1.165) is 0 Å². The summed E-state index contributed by atoms with van der Waals surface area (Å²) in [5.74, 6) is 1.23. The fraction of sp³-hybridized carbons (Fsp3) is 0.200. The average molecular weight is 320 g/mol. The third kappa shape index (κ3) is 2.80. The minimum atomic E-state index is -3.71. The number of rotatable bonds is 4. The lowest BCUT2D eigenvalue weighted by Gasteiger charge is -2.30. The van der Waals surface area contributed by atoms with Gasteiger partial charge in [0, 0.05) is 0 Å². The molecule has 1 aliphatic heterocycles. The molecular formula is C15H16N2O4S. The lowest BCUT2D eigenvalue weighted by molar-refractivity contribution is 0.316. The van der Waals surface area contributed by atoms with Gasteiger partial charge in [0.25, 0.3) is 0 Å². The highest BCUT2D eigenvalue weighted by atomic mass is 32.2. The molecule has 116 valence electrons. The van der Waals surface area contributed by atoms with Crippen molar-refractivity contribution in [3.63, 3.8) is 0 Å². The van der Waals surface area contributed by atoms with Crippen LogP contribution in [-0.2, 0) is 10.2 Å². The van der Waals surface area contributed by atoms with Crippen molar-refractivity contribution in [3.8, 4) is 11.5 Å². The third-order valence-corrected chi connectivity index (χ3v) is 4.77. The molecule has 0 atom stereocenters. The van der Waals surface area contributed by atoms with Crippen LogP contribution in [0.4, 0.5) is 11.4 Å². The van der Waals surface area contributed by atoms with E-state index in [4.69, 9.17) is 9.47 Å². The number of para-hydroxylation sites is 2. The molecule has 3 rings (SSSR count). The van der Waals surface area contributed by atoms with Gasteiger partial charge in [-0.1, -0.05) is 12.1 Å². The van der Waals surface area contributed by atoms with E-state index < -0.39 is 10.2 Å². The zero-order chi connectivity index (χ0) is 15.6. The zero-order valence-electron chi connectivity index (χ0n) is 12.0. The van der Waals surface area contributed by atoms with E-state index in [2.05, 4.69) is 4.72 Å². The molecule has 0 radical (unpaired) electrons. The molecule has 0 saturated heterocycles. The number of nitrogens with zero attached hydrogens (tertiary/aromatic N) is 1. The lowest BCUT2D eigenvalue weighted by atomic mass is 10.2. The van der Waals surface area contributed by atoms with Gasteiger partial charge in [-0.15, -0.1) is 0 Å². The normalized spacial score (nSPS) is 14.0. The second-order valence-electron chi connectivity index (χ2n) is 4.72. The van der Waals surface area contributed by atoms with Gasteiger partial charge in [0.1, 0.15) is 18.1 Å². The van der Waals surface area contributed by atoms with Gasteiger partial charge in [-0.3, -0.25) is 4.72 Å². The number of anilines is 2. The monoisotopic (exact) mass is 320 g/mol. The number of hydrogen-bond donors (Lipinski definition) is 1. The highest BCUT2D eigenvalue weighted by Gasteiger charge is 2.28. The van der Waals surface area contributed by atoms with Gasteiger partial charge in [-0.25, -0.2) is 4.31 Å². The Labute approximate surface area is 129 Å². The van der Waals surface area contributed by atoms with Crippen molar-refractivity contribution in [2.45, 2.75) is 0 Å². The SMILES string of the molecule is COc1ccc(NS(=O)(=O)N2CCOc3ccccc32)cc1. The fourth-order valence-electron chi connectivity index (χ4n) is 2.26. The van der Waals surface area contributed by atoms with Crippen LogP contribution >= 0.6 is 0 Å². The van der Waals surface area contributed by atoms with Gasteiger partial charge in [-0.05, 0) is 36.4 Å². The summed E-state index contributed by atoms with van der Waals surface area (Å²) in [6, 6.07) is 13.8. The number of ether oxygens (including phenoxy) is 2. The molecule has 0 spiro atoms. The van der Waals surface area contributed by atoms with Crippen LogP contribution < -0.4 is 18.5 Å². The Bertz CT molecular complexity index is 759. The van der Waals surface area contributed by atoms with E-state index in [1.54, 1.807) is 49.6 Å². The van der Waals surface area contributed by atoms with E-state index in [1.807, 2.05) is 6.07 Å². The van der Waals surface area contributed by atoms with Gasteiger partial charge >= 0.3 is 10.2 Å².